The maximum atomic E-state index is 13.3. The van der Waals surface area contributed by atoms with Crippen LogP contribution in [0.2, 0.25) is 0 Å². The van der Waals surface area contributed by atoms with E-state index in [2.05, 4.69) is 54.2 Å². The molecule has 41 heavy (non-hydrogen) atoms. The number of carboxylic acid groups (broad SMARTS) is 1. The van der Waals surface area contributed by atoms with E-state index in [1.807, 2.05) is 30.3 Å². The Morgan fingerprint density at radius 2 is 1.76 bits per heavy atom. The van der Waals surface area contributed by atoms with Crippen LogP contribution in [0, 0.1) is 5.92 Å². The van der Waals surface area contributed by atoms with E-state index in [1.54, 1.807) is 18.2 Å². The van der Waals surface area contributed by atoms with Crippen molar-refractivity contribution >= 4 is 38.6 Å². The van der Waals surface area contributed by atoms with Gasteiger partial charge in [-0.3, -0.25) is 4.79 Å². The minimum absolute atomic E-state index is 0.0205. The number of benzene rings is 2. The zero-order chi connectivity index (χ0) is 29.1. The molecule has 8 heteroatoms. The molecule has 0 radical (unpaired) electrons. The van der Waals surface area contributed by atoms with Crippen molar-refractivity contribution in [3.63, 3.8) is 0 Å². The minimum atomic E-state index is -1.16. The first-order valence-corrected chi connectivity index (χ1v) is 14.8. The molecule has 0 spiro atoms. The van der Waals surface area contributed by atoms with Crippen LogP contribution in [0.3, 0.4) is 0 Å². The second-order valence-corrected chi connectivity index (χ2v) is 12.6. The molecule has 1 unspecified atom stereocenters. The molecule has 214 valence electrons. The summed E-state index contributed by atoms with van der Waals surface area (Å²) in [7, 11) is 0. The van der Waals surface area contributed by atoms with Crippen LogP contribution in [0.5, 0.6) is 11.5 Å². The number of pyridine rings is 1. The van der Waals surface area contributed by atoms with Crippen LogP contribution in [0.4, 0.5) is 0 Å². The largest absolute Gasteiger partial charge is 0.480 e. The second kappa shape index (κ2) is 12.1. The molecule has 0 saturated heterocycles. The summed E-state index contributed by atoms with van der Waals surface area (Å²) in [6, 6.07) is 17.9. The summed E-state index contributed by atoms with van der Waals surface area (Å²) >= 11 is 3.23. The van der Waals surface area contributed by atoms with Crippen LogP contribution in [0.15, 0.2) is 69.8 Å². The number of halogens is 1. The van der Waals surface area contributed by atoms with Crippen molar-refractivity contribution in [1.82, 2.24) is 10.3 Å². The standard InChI is InChI=1S/C33H35BrN2O5/c1-33(2,3)22-9-12-23(13-10-22)40-24-11-8-21-17-28(35-27(26(21)18-24)16-20-6-4-5-7-20)31(37)36-29(32(38)39)19-25-14-15-30(34)41-25/h8-15,17-18,20,29H,4-7,16,19H2,1-3H3,(H,36,37)(H,38,39). The molecular weight excluding hydrogens is 584 g/mol. The third kappa shape index (κ3) is 7.17. The molecule has 1 aliphatic carbocycles. The first kappa shape index (κ1) is 28.9. The lowest BCUT2D eigenvalue weighted by Crippen LogP contribution is -2.42. The average Bonchev–Trinajstić information content (AvgIpc) is 3.59. The normalized spacial score (nSPS) is 14.7. The zero-order valence-electron chi connectivity index (χ0n) is 23.6. The summed E-state index contributed by atoms with van der Waals surface area (Å²) < 4.78 is 12.2. The molecule has 2 N–H and O–H groups in total. The Labute approximate surface area is 248 Å². The van der Waals surface area contributed by atoms with Gasteiger partial charge in [-0.25, -0.2) is 9.78 Å². The molecule has 2 heterocycles. The van der Waals surface area contributed by atoms with Gasteiger partial charge >= 0.3 is 5.97 Å². The van der Waals surface area contributed by atoms with Crippen LogP contribution in [-0.4, -0.2) is 28.0 Å². The van der Waals surface area contributed by atoms with Gasteiger partial charge in [-0.15, -0.1) is 0 Å². The van der Waals surface area contributed by atoms with Gasteiger partial charge in [0.15, 0.2) is 4.67 Å². The van der Waals surface area contributed by atoms with Crippen molar-refractivity contribution in [3.8, 4) is 11.5 Å². The van der Waals surface area contributed by atoms with Crippen LogP contribution < -0.4 is 10.1 Å². The molecule has 2 aromatic heterocycles. The molecule has 0 aliphatic heterocycles. The highest BCUT2D eigenvalue weighted by atomic mass is 79.9. The van der Waals surface area contributed by atoms with Gasteiger partial charge in [0.2, 0.25) is 0 Å². The molecule has 1 saturated carbocycles. The lowest BCUT2D eigenvalue weighted by molar-refractivity contribution is -0.139. The molecule has 0 bridgehead atoms. The Bertz CT molecular complexity index is 1550. The topological polar surface area (TPSA) is 102 Å². The van der Waals surface area contributed by atoms with E-state index in [-0.39, 0.29) is 17.5 Å². The fourth-order valence-corrected chi connectivity index (χ4v) is 5.71. The third-order valence-corrected chi connectivity index (χ3v) is 8.09. The molecule has 7 nitrogen and oxygen atoms in total. The van der Waals surface area contributed by atoms with Crippen molar-refractivity contribution in [1.29, 1.82) is 0 Å². The number of hydrogen-bond acceptors (Lipinski definition) is 5. The smallest absolute Gasteiger partial charge is 0.326 e. The number of ether oxygens (including phenoxy) is 1. The molecule has 1 amide bonds. The van der Waals surface area contributed by atoms with Gasteiger partial charge in [0.1, 0.15) is 29.0 Å². The number of aliphatic carboxylic acids is 1. The Kier molecular flexibility index (Phi) is 8.50. The summed E-state index contributed by atoms with van der Waals surface area (Å²) in [6.45, 7) is 6.54. The summed E-state index contributed by atoms with van der Waals surface area (Å²) in [6.07, 6.45) is 5.44. The highest BCUT2D eigenvalue weighted by Crippen LogP contribution is 2.33. The SMILES string of the molecule is CC(C)(C)c1ccc(Oc2ccc3cc(C(=O)NC(Cc4ccc(Br)o4)C(=O)O)nc(CC4CCCC4)c3c2)cc1. The fraction of sp³-hybridized carbons (Fsp3) is 0.364. The monoisotopic (exact) mass is 618 g/mol. The summed E-state index contributed by atoms with van der Waals surface area (Å²) in [4.78, 5) is 30.0. The zero-order valence-corrected chi connectivity index (χ0v) is 25.2. The number of hydrogen-bond donors (Lipinski definition) is 2. The predicted octanol–water partition coefficient (Wildman–Crippen LogP) is 7.84. The van der Waals surface area contributed by atoms with Crippen LogP contribution in [0.25, 0.3) is 10.8 Å². The van der Waals surface area contributed by atoms with Gasteiger partial charge in [0, 0.05) is 17.5 Å². The van der Waals surface area contributed by atoms with E-state index in [9.17, 15) is 14.7 Å². The van der Waals surface area contributed by atoms with Crippen LogP contribution in [0.1, 0.15) is 74.0 Å². The predicted molar refractivity (Wildman–Crippen MR) is 162 cm³/mol. The Morgan fingerprint density at radius 3 is 2.39 bits per heavy atom. The average molecular weight is 620 g/mol. The van der Waals surface area contributed by atoms with Gasteiger partial charge in [0.25, 0.3) is 5.91 Å². The molecule has 5 rings (SSSR count). The number of amides is 1. The van der Waals surface area contributed by atoms with E-state index < -0.39 is 17.9 Å². The van der Waals surface area contributed by atoms with E-state index in [1.165, 1.54) is 18.4 Å². The number of carbonyl (C=O) groups excluding carboxylic acids is 1. The van der Waals surface area contributed by atoms with Crippen molar-refractivity contribution in [2.24, 2.45) is 5.92 Å². The Hall–Kier alpha value is -3.65. The van der Waals surface area contributed by atoms with Crippen LogP contribution >= 0.6 is 15.9 Å². The third-order valence-electron chi connectivity index (χ3n) is 7.67. The molecule has 1 atom stereocenters. The first-order valence-electron chi connectivity index (χ1n) is 14.0. The number of furan rings is 1. The van der Waals surface area contributed by atoms with Crippen molar-refractivity contribution < 1.29 is 23.8 Å². The highest BCUT2D eigenvalue weighted by molar-refractivity contribution is 9.10. The maximum absolute atomic E-state index is 13.3. The number of fused-ring (bicyclic) bond motifs is 1. The number of nitrogens with zero attached hydrogens (tertiary/aromatic N) is 1. The van der Waals surface area contributed by atoms with Crippen molar-refractivity contribution in [3.05, 3.63) is 88.0 Å². The van der Waals surface area contributed by atoms with Gasteiger partial charge < -0.3 is 19.6 Å². The fourth-order valence-electron chi connectivity index (χ4n) is 5.37. The second-order valence-electron chi connectivity index (χ2n) is 11.8. The number of nitrogens with one attached hydrogen (secondary N) is 1. The number of carbonyl (C=O) groups is 2. The number of carboxylic acids is 1. The molecular formula is C33H35BrN2O5. The summed E-state index contributed by atoms with van der Waals surface area (Å²) in [5, 5.41) is 14.2. The van der Waals surface area contributed by atoms with Gasteiger partial charge in [-0.1, -0.05) is 64.7 Å². The van der Waals surface area contributed by atoms with E-state index in [4.69, 9.17) is 14.1 Å². The number of rotatable bonds is 9. The summed E-state index contributed by atoms with van der Waals surface area (Å²) in [5.74, 6) is 0.735. The quantitative estimate of drug-likeness (QED) is 0.198. The van der Waals surface area contributed by atoms with Gasteiger partial charge in [0.05, 0.1) is 0 Å². The van der Waals surface area contributed by atoms with Gasteiger partial charge in [-0.05, 0) is 87.1 Å². The highest BCUT2D eigenvalue weighted by Gasteiger charge is 2.25. The van der Waals surface area contributed by atoms with Crippen LogP contribution in [-0.2, 0) is 23.1 Å². The number of aromatic nitrogens is 1. The lowest BCUT2D eigenvalue weighted by atomic mass is 9.87. The Morgan fingerprint density at radius 1 is 1.05 bits per heavy atom. The minimum Gasteiger partial charge on any atom is -0.480 e. The molecule has 4 aromatic rings. The molecule has 2 aromatic carbocycles. The van der Waals surface area contributed by atoms with E-state index >= 15 is 0 Å². The Balaban J connectivity index is 1.42. The maximum Gasteiger partial charge on any atom is 0.326 e. The van der Waals surface area contributed by atoms with Gasteiger partial charge in [-0.2, -0.15) is 0 Å². The molecule has 1 fully saturated rings. The van der Waals surface area contributed by atoms with Crippen molar-refractivity contribution in [2.45, 2.75) is 70.8 Å². The van der Waals surface area contributed by atoms with E-state index in [0.29, 0.717) is 22.1 Å². The summed E-state index contributed by atoms with van der Waals surface area (Å²) in [5.41, 5.74) is 2.32. The van der Waals surface area contributed by atoms with E-state index in [0.717, 1.165) is 41.5 Å². The lowest BCUT2D eigenvalue weighted by Gasteiger charge is -2.19. The first-order chi connectivity index (χ1) is 19.5. The molecule has 1 aliphatic rings. The van der Waals surface area contributed by atoms with Crippen molar-refractivity contribution in [2.75, 3.05) is 0 Å².